The second-order valence-corrected chi connectivity index (χ2v) is 6.70. The van der Waals surface area contributed by atoms with E-state index in [9.17, 15) is 13.2 Å². The highest BCUT2D eigenvalue weighted by Crippen LogP contribution is 2.28. The van der Waals surface area contributed by atoms with E-state index in [1.807, 2.05) is 6.07 Å². The van der Waals surface area contributed by atoms with Crippen LogP contribution in [0, 0.1) is 11.7 Å². The molecule has 1 aromatic heterocycles. The van der Waals surface area contributed by atoms with Gasteiger partial charge in [-0.15, -0.1) is 0 Å². The van der Waals surface area contributed by atoms with E-state index in [4.69, 9.17) is 4.74 Å². The van der Waals surface area contributed by atoms with Crippen molar-refractivity contribution in [1.82, 2.24) is 9.88 Å². The molecule has 0 bridgehead atoms. The number of benzene rings is 1. The highest BCUT2D eigenvalue weighted by Gasteiger charge is 2.25. The molecule has 0 spiro atoms. The summed E-state index contributed by atoms with van der Waals surface area (Å²) in [6, 6.07) is 5.80. The van der Waals surface area contributed by atoms with E-state index in [1.165, 1.54) is 12.1 Å². The molecule has 1 atom stereocenters. The average molecular weight is 366 g/mol. The first kappa shape index (κ1) is 18.7. The summed E-state index contributed by atoms with van der Waals surface area (Å²) in [6.07, 6.45) is 3.59. The van der Waals surface area contributed by atoms with Crippen molar-refractivity contribution in [3.63, 3.8) is 0 Å². The first-order chi connectivity index (χ1) is 12.4. The molecule has 1 aliphatic heterocycles. The fraction of sp³-hybridized carbons (Fsp3) is 0.421. The van der Waals surface area contributed by atoms with Gasteiger partial charge in [-0.3, -0.25) is 9.88 Å². The number of aromatic nitrogens is 1. The summed E-state index contributed by atoms with van der Waals surface area (Å²) in [7, 11) is 0. The maximum absolute atomic E-state index is 13.6. The molecule has 1 fully saturated rings. The molecule has 140 valence electrons. The van der Waals surface area contributed by atoms with Crippen molar-refractivity contribution >= 4 is 0 Å². The van der Waals surface area contributed by atoms with E-state index in [1.54, 1.807) is 12.4 Å². The lowest BCUT2D eigenvalue weighted by Crippen LogP contribution is -2.24. The van der Waals surface area contributed by atoms with Gasteiger partial charge in [0.15, 0.2) is 11.6 Å². The third kappa shape index (κ3) is 4.53. The molecule has 2 aromatic rings. The quantitative estimate of drug-likeness (QED) is 0.763. The van der Waals surface area contributed by atoms with Gasteiger partial charge in [0.25, 0.3) is 0 Å². The third-order valence-corrected chi connectivity index (χ3v) is 4.33. The van der Waals surface area contributed by atoms with Gasteiger partial charge >= 0.3 is 6.61 Å². The lowest BCUT2D eigenvalue weighted by molar-refractivity contribution is -0.0521. The molecule has 2 heterocycles. The largest absolute Gasteiger partial charge is 0.432 e. The van der Waals surface area contributed by atoms with Crippen LogP contribution in [-0.2, 0) is 11.3 Å². The lowest BCUT2D eigenvalue weighted by atomic mass is 10.0. The Morgan fingerprint density at radius 3 is 2.73 bits per heavy atom. The summed E-state index contributed by atoms with van der Waals surface area (Å²) in [6.45, 7) is 3.27. The topological polar surface area (TPSA) is 34.6 Å². The zero-order chi connectivity index (χ0) is 18.7. The second-order valence-electron chi connectivity index (χ2n) is 6.70. The Morgan fingerprint density at radius 2 is 2.04 bits per heavy atom. The fourth-order valence-electron chi connectivity index (χ4n) is 2.93. The number of alkyl halides is 2. The molecule has 1 aliphatic rings. The van der Waals surface area contributed by atoms with Crippen LogP contribution in [-0.4, -0.2) is 35.9 Å². The molecule has 0 N–H and O–H groups in total. The molecular weight excluding hydrogens is 345 g/mol. The van der Waals surface area contributed by atoms with Crippen molar-refractivity contribution in [1.29, 1.82) is 0 Å². The van der Waals surface area contributed by atoms with Crippen LogP contribution in [0.25, 0.3) is 11.1 Å². The van der Waals surface area contributed by atoms with Crippen LogP contribution in [0.3, 0.4) is 0 Å². The molecule has 7 heteroatoms. The third-order valence-electron chi connectivity index (χ3n) is 4.33. The molecule has 1 aromatic carbocycles. The molecule has 0 aliphatic carbocycles. The van der Waals surface area contributed by atoms with Crippen molar-refractivity contribution in [3.05, 3.63) is 48.0 Å². The molecule has 0 radical (unpaired) electrons. The minimum absolute atomic E-state index is 0.220. The summed E-state index contributed by atoms with van der Waals surface area (Å²) in [5.41, 5.74) is 2.24. The zero-order valence-corrected chi connectivity index (χ0v) is 14.7. The van der Waals surface area contributed by atoms with Crippen LogP contribution in [0.2, 0.25) is 0 Å². The zero-order valence-electron chi connectivity index (χ0n) is 14.7. The van der Waals surface area contributed by atoms with Crippen molar-refractivity contribution in [2.75, 3.05) is 13.3 Å². The Morgan fingerprint density at radius 1 is 1.23 bits per heavy atom. The Kier molecular flexibility index (Phi) is 5.78. The smallest absolute Gasteiger partial charge is 0.387 e. The monoisotopic (exact) mass is 366 g/mol. The molecule has 0 saturated carbocycles. The Balaban J connectivity index is 1.75. The number of nitrogens with zero attached hydrogens (tertiary/aromatic N) is 2. The minimum Gasteiger partial charge on any atom is -0.432 e. The second kappa shape index (κ2) is 8.05. The van der Waals surface area contributed by atoms with Crippen LogP contribution in [0.5, 0.6) is 5.75 Å². The fourth-order valence-corrected chi connectivity index (χ4v) is 2.93. The number of hydrogen-bond donors (Lipinski definition) is 0. The maximum Gasteiger partial charge on any atom is 0.387 e. The molecule has 1 saturated heterocycles. The van der Waals surface area contributed by atoms with Crippen molar-refractivity contribution in [2.24, 2.45) is 5.92 Å². The van der Waals surface area contributed by atoms with Crippen LogP contribution < -0.4 is 4.74 Å². The molecule has 26 heavy (non-hydrogen) atoms. The van der Waals surface area contributed by atoms with Crippen molar-refractivity contribution in [3.8, 4) is 16.9 Å². The van der Waals surface area contributed by atoms with Crippen LogP contribution in [0.15, 0.2) is 36.7 Å². The molecule has 0 amide bonds. The first-order valence-electron chi connectivity index (χ1n) is 8.45. The van der Waals surface area contributed by atoms with Gasteiger partial charge in [-0.25, -0.2) is 4.39 Å². The Labute approximate surface area is 150 Å². The normalized spacial score (nSPS) is 18.0. The van der Waals surface area contributed by atoms with Gasteiger partial charge in [0, 0.05) is 31.0 Å². The summed E-state index contributed by atoms with van der Waals surface area (Å²) >= 11 is 0. The molecule has 4 nitrogen and oxygen atoms in total. The van der Waals surface area contributed by atoms with E-state index in [0.29, 0.717) is 30.3 Å². The van der Waals surface area contributed by atoms with Gasteiger partial charge in [0.2, 0.25) is 0 Å². The van der Waals surface area contributed by atoms with E-state index >= 15 is 0 Å². The predicted molar refractivity (Wildman–Crippen MR) is 91.3 cm³/mol. The van der Waals surface area contributed by atoms with Gasteiger partial charge in [-0.05, 0) is 35.2 Å². The Hall–Kier alpha value is -2.12. The van der Waals surface area contributed by atoms with E-state index in [0.717, 1.165) is 18.2 Å². The highest BCUT2D eigenvalue weighted by atomic mass is 19.3. The summed E-state index contributed by atoms with van der Waals surface area (Å²) in [5, 5.41) is 0. The average Bonchev–Trinajstić information content (AvgIpc) is 3.05. The van der Waals surface area contributed by atoms with Gasteiger partial charge in [0.1, 0.15) is 0 Å². The van der Waals surface area contributed by atoms with Crippen molar-refractivity contribution in [2.45, 2.75) is 33.1 Å². The molecule has 3 rings (SSSR count). The SMILES string of the molecule is CC(C)[C@H]1CN(Cc2cncc(-c3ccc(F)c(OC(F)F)c3)c2)CO1. The van der Waals surface area contributed by atoms with Gasteiger partial charge < -0.3 is 9.47 Å². The van der Waals surface area contributed by atoms with E-state index in [2.05, 4.69) is 28.5 Å². The van der Waals surface area contributed by atoms with E-state index in [-0.39, 0.29) is 6.10 Å². The standard InChI is InChI=1S/C19H21F3N2O2/c1-12(2)18-10-24(11-25-18)9-13-5-15(8-23-7-13)14-3-4-16(20)17(6-14)26-19(21)22/h3-8,12,18-19H,9-11H2,1-2H3/t18-/m1/s1. The number of pyridine rings is 1. The predicted octanol–water partition coefficient (Wildman–Crippen LogP) is 4.30. The van der Waals surface area contributed by atoms with Crippen molar-refractivity contribution < 1.29 is 22.6 Å². The number of rotatable bonds is 6. The Bertz CT molecular complexity index is 755. The van der Waals surface area contributed by atoms with Gasteiger partial charge in [-0.1, -0.05) is 19.9 Å². The lowest BCUT2D eigenvalue weighted by Gasteiger charge is -2.15. The van der Waals surface area contributed by atoms with Gasteiger partial charge in [-0.2, -0.15) is 8.78 Å². The summed E-state index contributed by atoms with van der Waals surface area (Å²) in [5.74, 6) is -0.848. The molecular formula is C19H21F3N2O2. The highest BCUT2D eigenvalue weighted by molar-refractivity contribution is 5.65. The maximum atomic E-state index is 13.6. The molecule has 0 unspecified atom stereocenters. The van der Waals surface area contributed by atoms with Crippen LogP contribution >= 0.6 is 0 Å². The number of halogens is 3. The van der Waals surface area contributed by atoms with Gasteiger partial charge in [0.05, 0.1) is 12.8 Å². The van der Waals surface area contributed by atoms with E-state index < -0.39 is 18.2 Å². The van der Waals surface area contributed by atoms with Crippen LogP contribution in [0.4, 0.5) is 13.2 Å². The summed E-state index contributed by atoms with van der Waals surface area (Å²) < 4.78 is 48.4. The summed E-state index contributed by atoms with van der Waals surface area (Å²) in [4.78, 5) is 6.40. The number of ether oxygens (including phenoxy) is 2. The first-order valence-corrected chi connectivity index (χ1v) is 8.45. The number of hydrogen-bond acceptors (Lipinski definition) is 4. The minimum atomic E-state index is -3.08. The van der Waals surface area contributed by atoms with Crippen LogP contribution in [0.1, 0.15) is 19.4 Å².